The molecule has 0 spiro atoms. The molecule has 0 atom stereocenters. The molecule has 1 aliphatic rings. The van der Waals surface area contributed by atoms with E-state index in [2.05, 4.69) is 47.6 Å². The maximum Gasteiger partial charge on any atom is 0.219 e. The molecule has 1 saturated heterocycles. The van der Waals surface area contributed by atoms with E-state index < -0.39 is 0 Å². The third-order valence-corrected chi connectivity index (χ3v) is 5.65. The van der Waals surface area contributed by atoms with Crippen molar-refractivity contribution in [2.75, 3.05) is 13.1 Å². The van der Waals surface area contributed by atoms with E-state index >= 15 is 0 Å². The van der Waals surface area contributed by atoms with Gasteiger partial charge >= 0.3 is 0 Å². The van der Waals surface area contributed by atoms with Crippen molar-refractivity contribution in [3.8, 4) is 11.3 Å². The van der Waals surface area contributed by atoms with E-state index in [0.29, 0.717) is 12.0 Å². The second-order valence-corrected chi connectivity index (χ2v) is 7.86. The molecule has 0 aliphatic carbocycles. The Morgan fingerprint density at radius 2 is 2.00 bits per heavy atom. The van der Waals surface area contributed by atoms with Gasteiger partial charge in [0.2, 0.25) is 5.91 Å². The summed E-state index contributed by atoms with van der Waals surface area (Å²) >= 11 is 0. The second-order valence-electron chi connectivity index (χ2n) is 7.86. The average molecular weight is 365 g/mol. The first-order chi connectivity index (χ1) is 12.9. The predicted octanol–water partition coefficient (Wildman–Crippen LogP) is 4.04. The minimum atomic E-state index is 0.174. The van der Waals surface area contributed by atoms with E-state index in [4.69, 9.17) is 5.10 Å². The average Bonchev–Trinajstić information content (AvgIpc) is 3.26. The number of aromatic amines is 1. The van der Waals surface area contributed by atoms with Gasteiger partial charge < -0.3 is 9.88 Å². The van der Waals surface area contributed by atoms with Crippen molar-refractivity contribution in [2.45, 2.75) is 52.5 Å². The van der Waals surface area contributed by atoms with Crippen molar-refractivity contribution in [3.63, 3.8) is 0 Å². The molecule has 4 heterocycles. The maximum absolute atomic E-state index is 11.6. The maximum atomic E-state index is 11.6. The van der Waals surface area contributed by atoms with Crippen molar-refractivity contribution in [1.82, 2.24) is 24.6 Å². The van der Waals surface area contributed by atoms with Gasteiger partial charge in [0.05, 0.1) is 5.69 Å². The number of rotatable bonds is 3. The van der Waals surface area contributed by atoms with Crippen molar-refractivity contribution in [1.29, 1.82) is 0 Å². The Morgan fingerprint density at radius 1 is 1.26 bits per heavy atom. The molecule has 27 heavy (non-hydrogen) atoms. The zero-order chi connectivity index (χ0) is 19.1. The Morgan fingerprint density at radius 3 is 2.67 bits per heavy atom. The zero-order valence-electron chi connectivity index (χ0n) is 16.5. The van der Waals surface area contributed by atoms with Crippen molar-refractivity contribution in [2.24, 2.45) is 0 Å². The van der Waals surface area contributed by atoms with Crippen LogP contribution < -0.4 is 0 Å². The predicted molar refractivity (Wildman–Crippen MR) is 107 cm³/mol. The van der Waals surface area contributed by atoms with Crippen LogP contribution in [0.3, 0.4) is 0 Å². The van der Waals surface area contributed by atoms with Gasteiger partial charge in [-0.05, 0) is 51.3 Å². The Kier molecular flexibility index (Phi) is 4.50. The molecular weight excluding hydrogens is 338 g/mol. The highest BCUT2D eigenvalue weighted by Gasteiger charge is 2.26. The molecule has 3 aromatic rings. The first-order valence-electron chi connectivity index (χ1n) is 9.73. The molecule has 1 aliphatic heterocycles. The number of hydrogen-bond donors (Lipinski definition) is 1. The van der Waals surface area contributed by atoms with E-state index in [1.165, 1.54) is 11.3 Å². The smallest absolute Gasteiger partial charge is 0.219 e. The first kappa shape index (κ1) is 17.8. The molecule has 0 saturated carbocycles. The van der Waals surface area contributed by atoms with Crippen molar-refractivity contribution < 1.29 is 4.79 Å². The van der Waals surface area contributed by atoms with Crippen LogP contribution >= 0.6 is 0 Å². The minimum Gasteiger partial charge on any atom is -0.346 e. The Balaban J connectivity index is 1.68. The van der Waals surface area contributed by atoms with Crippen LogP contribution in [0.2, 0.25) is 0 Å². The number of hydrogen-bond acceptors (Lipinski definition) is 3. The topological polar surface area (TPSA) is 66.8 Å². The zero-order valence-corrected chi connectivity index (χ0v) is 16.5. The summed E-state index contributed by atoms with van der Waals surface area (Å²) in [7, 11) is 0. The van der Waals surface area contributed by atoms with Gasteiger partial charge in [-0.15, -0.1) is 0 Å². The number of piperidine rings is 1. The fourth-order valence-electron chi connectivity index (χ4n) is 4.03. The van der Waals surface area contributed by atoms with Gasteiger partial charge in [-0.1, -0.05) is 0 Å². The number of carbonyl (C=O) groups excluding carboxylic acids is 1. The van der Waals surface area contributed by atoms with Crippen LogP contribution in [0, 0.1) is 6.92 Å². The molecule has 1 amide bonds. The molecule has 1 fully saturated rings. The molecule has 6 nitrogen and oxygen atoms in total. The Hall–Kier alpha value is -2.63. The fourth-order valence-corrected chi connectivity index (χ4v) is 4.03. The van der Waals surface area contributed by atoms with Gasteiger partial charge in [0.1, 0.15) is 5.65 Å². The van der Waals surface area contributed by atoms with Crippen molar-refractivity contribution >= 4 is 16.9 Å². The quantitative estimate of drug-likeness (QED) is 0.762. The van der Waals surface area contributed by atoms with Gasteiger partial charge in [-0.3, -0.25) is 9.48 Å². The molecule has 0 bridgehead atoms. The highest BCUT2D eigenvalue weighted by Crippen LogP contribution is 2.33. The molecular formula is C21H27N5O. The standard InChI is InChI=1S/C21H27N5O/c1-13(2)26-20(16-5-7-25(8-6-16)15(4)27)10-19(24-26)17-9-18-14(3)11-22-21(18)23-12-17/h9-13,16H,5-8H2,1-4H3,(H,22,23). The van der Waals surface area contributed by atoms with Crippen LogP contribution in [0.25, 0.3) is 22.3 Å². The number of likely N-dealkylation sites (tertiary alicyclic amines) is 1. The SMILES string of the molecule is CC(=O)N1CCC(c2cc(-c3cnc4[nH]cc(C)c4c3)nn2C(C)C)CC1. The summed E-state index contributed by atoms with van der Waals surface area (Å²) in [6, 6.07) is 4.69. The molecule has 1 N–H and O–H groups in total. The van der Waals surface area contributed by atoms with Crippen LogP contribution in [0.5, 0.6) is 0 Å². The van der Waals surface area contributed by atoms with Crippen LogP contribution in [-0.4, -0.2) is 43.6 Å². The summed E-state index contributed by atoms with van der Waals surface area (Å²) < 4.78 is 2.15. The number of amides is 1. The van der Waals surface area contributed by atoms with E-state index in [9.17, 15) is 4.79 Å². The fraction of sp³-hybridized carbons (Fsp3) is 0.476. The highest BCUT2D eigenvalue weighted by atomic mass is 16.2. The number of fused-ring (bicyclic) bond motifs is 1. The van der Waals surface area contributed by atoms with Gasteiger partial charge in [0, 0.05) is 61.0 Å². The lowest BCUT2D eigenvalue weighted by Gasteiger charge is -2.31. The normalized spacial score (nSPS) is 15.8. The third kappa shape index (κ3) is 3.24. The lowest BCUT2D eigenvalue weighted by atomic mass is 9.92. The molecule has 4 rings (SSSR count). The largest absolute Gasteiger partial charge is 0.346 e. The second kappa shape index (κ2) is 6.83. The van der Waals surface area contributed by atoms with Gasteiger partial charge in [-0.25, -0.2) is 4.98 Å². The Labute approximate surface area is 159 Å². The minimum absolute atomic E-state index is 0.174. The van der Waals surface area contributed by atoms with E-state index in [1.54, 1.807) is 6.92 Å². The van der Waals surface area contributed by atoms with Crippen LogP contribution in [0.4, 0.5) is 0 Å². The third-order valence-electron chi connectivity index (χ3n) is 5.65. The number of H-pyrrole nitrogens is 1. The van der Waals surface area contributed by atoms with Gasteiger partial charge in [0.25, 0.3) is 0 Å². The van der Waals surface area contributed by atoms with Crippen molar-refractivity contribution in [3.05, 3.63) is 35.8 Å². The summed E-state index contributed by atoms with van der Waals surface area (Å²) in [4.78, 5) is 21.3. The molecule has 0 unspecified atom stereocenters. The number of nitrogens with zero attached hydrogens (tertiary/aromatic N) is 4. The van der Waals surface area contributed by atoms with E-state index in [1.807, 2.05) is 17.3 Å². The monoisotopic (exact) mass is 365 g/mol. The lowest BCUT2D eigenvalue weighted by Crippen LogP contribution is -2.36. The summed E-state index contributed by atoms with van der Waals surface area (Å²) in [5.41, 5.74) is 5.40. The van der Waals surface area contributed by atoms with Gasteiger partial charge in [0.15, 0.2) is 0 Å². The molecule has 0 aromatic carbocycles. The number of carbonyl (C=O) groups is 1. The molecule has 142 valence electrons. The van der Waals surface area contributed by atoms with E-state index in [0.717, 1.165) is 48.2 Å². The first-order valence-corrected chi connectivity index (χ1v) is 9.73. The summed E-state index contributed by atoms with van der Waals surface area (Å²) in [5.74, 6) is 0.614. The molecule has 3 aromatic heterocycles. The summed E-state index contributed by atoms with van der Waals surface area (Å²) in [5, 5.41) is 6.06. The Bertz CT molecular complexity index is 976. The molecule has 6 heteroatoms. The van der Waals surface area contributed by atoms with Gasteiger partial charge in [-0.2, -0.15) is 5.10 Å². The lowest BCUT2D eigenvalue weighted by molar-refractivity contribution is -0.129. The number of aryl methyl sites for hydroxylation is 1. The molecule has 0 radical (unpaired) electrons. The summed E-state index contributed by atoms with van der Waals surface area (Å²) in [6.07, 6.45) is 5.87. The summed E-state index contributed by atoms with van der Waals surface area (Å²) in [6.45, 7) is 9.74. The van der Waals surface area contributed by atoms with Crippen LogP contribution in [0.15, 0.2) is 24.5 Å². The number of pyridine rings is 1. The number of nitrogens with one attached hydrogen (secondary N) is 1. The highest BCUT2D eigenvalue weighted by molar-refractivity contribution is 5.83. The van der Waals surface area contributed by atoms with E-state index in [-0.39, 0.29) is 5.91 Å². The van der Waals surface area contributed by atoms with Crippen LogP contribution in [0.1, 0.15) is 56.8 Å². The number of aromatic nitrogens is 4. The van der Waals surface area contributed by atoms with Crippen LogP contribution in [-0.2, 0) is 4.79 Å².